The molecule has 0 bridgehead atoms. The van der Waals surface area contributed by atoms with Crippen LogP contribution in [0.4, 0.5) is 0 Å². The van der Waals surface area contributed by atoms with Crippen molar-refractivity contribution in [2.45, 2.75) is 52.5 Å². The minimum absolute atomic E-state index is 0.579. The van der Waals surface area contributed by atoms with Crippen molar-refractivity contribution in [3.05, 3.63) is 22.8 Å². The van der Waals surface area contributed by atoms with E-state index in [-0.39, 0.29) is 0 Å². The monoisotopic (exact) mass is 219 g/mol. The van der Waals surface area contributed by atoms with Gasteiger partial charge in [-0.2, -0.15) is 0 Å². The lowest BCUT2D eigenvalue weighted by Gasteiger charge is -2.23. The van der Waals surface area contributed by atoms with E-state index in [1.165, 1.54) is 24.8 Å². The Hall–Kier alpha value is -0.960. The molecule has 1 aliphatic rings. The zero-order valence-electron chi connectivity index (χ0n) is 10.5. The molecule has 0 amide bonds. The SMILES string of the molecule is Cc1nc(CC2CCCCN2)nc(C)c1C. The van der Waals surface area contributed by atoms with Gasteiger partial charge in [0.05, 0.1) is 0 Å². The lowest BCUT2D eigenvalue weighted by atomic mass is 10.0. The van der Waals surface area contributed by atoms with Crippen molar-refractivity contribution in [2.75, 3.05) is 6.54 Å². The zero-order chi connectivity index (χ0) is 11.5. The first-order chi connectivity index (χ1) is 7.66. The predicted octanol–water partition coefficient (Wildman–Crippen LogP) is 2.09. The highest BCUT2D eigenvalue weighted by Crippen LogP contribution is 2.13. The van der Waals surface area contributed by atoms with Crippen LogP contribution in [0.2, 0.25) is 0 Å². The first kappa shape index (κ1) is 11.5. The number of nitrogens with one attached hydrogen (secondary N) is 1. The Kier molecular flexibility index (Phi) is 3.54. The van der Waals surface area contributed by atoms with Crippen LogP contribution < -0.4 is 5.32 Å². The van der Waals surface area contributed by atoms with E-state index in [9.17, 15) is 0 Å². The molecule has 1 aliphatic heterocycles. The molecular weight excluding hydrogens is 198 g/mol. The van der Waals surface area contributed by atoms with Gasteiger partial charge in [0.1, 0.15) is 5.82 Å². The molecule has 1 unspecified atom stereocenters. The van der Waals surface area contributed by atoms with Crippen LogP contribution in [-0.2, 0) is 6.42 Å². The van der Waals surface area contributed by atoms with Crippen LogP contribution in [0.3, 0.4) is 0 Å². The molecule has 0 aliphatic carbocycles. The average molecular weight is 219 g/mol. The van der Waals surface area contributed by atoms with E-state index in [4.69, 9.17) is 0 Å². The Bertz CT molecular complexity index is 344. The van der Waals surface area contributed by atoms with Crippen molar-refractivity contribution in [3.63, 3.8) is 0 Å². The maximum atomic E-state index is 4.58. The molecule has 0 aromatic carbocycles. The second-order valence-corrected chi connectivity index (χ2v) is 4.79. The molecule has 88 valence electrons. The van der Waals surface area contributed by atoms with Gasteiger partial charge in [0.25, 0.3) is 0 Å². The number of aryl methyl sites for hydroxylation is 2. The minimum Gasteiger partial charge on any atom is -0.314 e. The molecule has 1 fully saturated rings. The molecule has 0 saturated carbocycles. The molecule has 3 heteroatoms. The molecule has 1 N–H and O–H groups in total. The van der Waals surface area contributed by atoms with Crippen molar-refractivity contribution in [1.82, 2.24) is 15.3 Å². The standard InChI is InChI=1S/C13H21N3/c1-9-10(2)15-13(16-11(9)3)8-12-6-4-5-7-14-12/h12,14H,4-8H2,1-3H3. The Morgan fingerprint density at radius 1 is 1.12 bits per heavy atom. The number of hydrogen-bond acceptors (Lipinski definition) is 3. The fraction of sp³-hybridized carbons (Fsp3) is 0.692. The van der Waals surface area contributed by atoms with E-state index in [2.05, 4.69) is 36.1 Å². The highest BCUT2D eigenvalue weighted by Gasteiger charge is 2.15. The summed E-state index contributed by atoms with van der Waals surface area (Å²) in [5, 5.41) is 3.54. The summed E-state index contributed by atoms with van der Waals surface area (Å²) in [4.78, 5) is 9.15. The summed E-state index contributed by atoms with van der Waals surface area (Å²) >= 11 is 0. The van der Waals surface area contributed by atoms with Crippen molar-refractivity contribution < 1.29 is 0 Å². The molecule has 2 heterocycles. The fourth-order valence-corrected chi connectivity index (χ4v) is 2.25. The van der Waals surface area contributed by atoms with Gasteiger partial charge in [-0.1, -0.05) is 6.42 Å². The van der Waals surface area contributed by atoms with Gasteiger partial charge in [-0.25, -0.2) is 9.97 Å². The third-order valence-electron chi connectivity index (χ3n) is 3.52. The average Bonchev–Trinajstić information content (AvgIpc) is 2.27. The summed E-state index contributed by atoms with van der Waals surface area (Å²) < 4.78 is 0. The van der Waals surface area contributed by atoms with Crippen LogP contribution in [0.25, 0.3) is 0 Å². The largest absolute Gasteiger partial charge is 0.314 e. The molecule has 3 nitrogen and oxygen atoms in total. The highest BCUT2D eigenvalue weighted by atomic mass is 15.0. The summed E-state index contributed by atoms with van der Waals surface area (Å²) in [5.74, 6) is 1.00. The van der Waals surface area contributed by atoms with Crippen molar-refractivity contribution in [1.29, 1.82) is 0 Å². The number of nitrogens with zero attached hydrogens (tertiary/aromatic N) is 2. The van der Waals surface area contributed by atoms with Gasteiger partial charge in [-0.3, -0.25) is 0 Å². The molecular formula is C13H21N3. The Morgan fingerprint density at radius 2 is 1.81 bits per heavy atom. The first-order valence-corrected chi connectivity index (χ1v) is 6.21. The molecule has 1 aromatic rings. The van der Waals surface area contributed by atoms with E-state index in [1.807, 2.05) is 0 Å². The Labute approximate surface area is 97.7 Å². The van der Waals surface area contributed by atoms with Gasteiger partial charge in [-0.05, 0) is 45.7 Å². The Morgan fingerprint density at radius 3 is 2.38 bits per heavy atom. The first-order valence-electron chi connectivity index (χ1n) is 6.21. The molecule has 1 atom stereocenters. The van der Waals surface area contributed by atoms with Crippen molar-refractivity contribution in [3.8, 4) is 0 Å². The topological polar surface area (TPSA) is 37.8 Å². The minimum atomic E-state index is 0.579. The van der Waals surface area contributed by atoms with E-state index in [0.29, 0.717) is 6.04 Å². The van der Waals surface area contributed by atoms with Crippen LogP contribution in [0.15, 0.2) is 0 Å². The normalized spacial score (nSPS) is 21.1. The maximum Gasteiger partial charge on any atom is 0.130 e. The molecule has 0 spiro atoms. The van der Waals surface area contributed by atoms with Gasteiger partial charge in [-0.15, -0.1) is 0 Å². The van der Waals surface area contributed by atoms with E-state index in [0.717, 1.165) is 30.2 Å². The number of aromatic nitrogens is 2. The predicted molar refractivity (Wildman–Crippen MR) is 65.6 cm³/mol. The zero-order valence-corrected chi connectivity index (χ0v) is 10.5. The molecule has 1 saturated heterocycles. The van der Waals surface area contributed by atoms with Crippen LogP contribution in [0.5, 0.6) is 0 Å². The third-order valence-corrected chi connectivity index (χ3v) is 3.52. The highest BCUT2D eigenvalue weighted by molar-refractivity contribution is 5.22. The maximum absolute atomic E-state index is 4.58. The quantitative estimate of drug-likeness (QED) is 0.827. The summed E-state index contributed by atoms with van der Waals surface area (Å²) in [6.45, 7) is 7.38. The molecule has 16 heavy (non-hydrogen) atoms. The lowest BCUT2D eigenvalue weighted by molar-refractivity contribution is 0.394. The summed E-state index contributed by atoms with van der Waals surface area (Å²) in [6, 6.07) is 0.579. The molecule has 2 rings (SSSR count). The van der Waals surface area contributed by atoms with Crippen molar-refractivity contribution in [2.24, 2.45) is 0 Å². The lowest BCUT2D eigenvalue weighted by Crippen LogP contribution is -2.36. The van der Waals surface area contributed by atoms with E-state index in [1.54, 1.807) is 0 Å². The second kappa shape index (κ2) is 4.91. The molecule has 0 radical (unpaired) electrons. The summed E-state index contributed by atoms with van der Waals surface area (Å²) in [5.41, 5.74) is 3.47. The Balaban J connectivity index is 2.09. The summed E-state index contributed by atoms with van der Waals surface area (Å²) in [7, 11) is 0. The number of hydrogen-bond donors (Lipinski definition) is 1. The fourth-order valence-electron chi connectivity index (χ4n) is 2.25. The number of piperidine rings is 1. The van der Waals surface area contributed by atoms with E-state index >= 15 is 0 Å². The van der Waals surface area contributed by atoms with Gasteiger partial charge in [0, 0.05) is 23.9 Å². The van der Waals surface area contributed by atoms with Crippen LogP contribution in [0, 0.1) is 20.8 Å². The van der Waals surface area contributed by atoms with Crippen LogP contribution in [-0.4, -0.2) is 22.6 Å². The number of rotatable bonds is 2. The van der Waals surface area contributed by atoms with Crippen LogP contribution >= 0.6 is 0 Å². The second-order valence-electron chi connectivity index (χ2n) is 4.79. The van der Waals surface area contributed by atoms with Crippen molar-refractivity contribution >= 4 is 0 Å². The summed E-state index contributed by atoms with van der Waals surface area (Å²) in [6.07, 6.45) is 4.88. The van der Waals surface area contributed by atoms with Crippen LogP contribution in [0.1, 0.15) is 42.0 Å². The van der Waals surface area contributed by atoms with Gasteiger partial charge >= 0.3 is 0 Å². The van der Waals surface area contributed by atoms with Gasteiger partial charge in [0.15, 0.2) is 0 Å². The van der Waals surface area contributed by atoms with E-state index < -0.39 is 0 Å². The third kappa shape index (κ3) is 2.59. The van der Waals surface area contributed by atoms with Gasteiger partial charge in [0.2, 0.25) is 0 Å². The molecule has 1 aromatic heterocycles. The smallest absolute Gasteiger partial charge is 0.130 e. The van der Waals surface area contributed by atoms with Gasteiger partial charge < -0.3 is 5.32 Å².